The fourth-order valence-electron chi connectivity index (χ4n) is 5.49. The zero-order chi connectivity index (χ0) is 41.0. The van der Waals surface area contributed by atoms with Gasteiger partial charge in [0.2, 0.25) is 11.8 Å². The van der Waals surface area contributed by atoms with Crippen LogP contribution in [0.5, 0.6) is 0 Å². The predicted molar refractivity (Wildman–Crippen MR) is 210 cm³/mol. The number of ether oxygens (including phenoxy) is 5. The number of rotatable bonds is 39. The molecule has 3 N–H and O–H groups in total. The molecule has 0 heterocycles. The van der Waals surface area contributed by atoms with Crippen LogP contribution in [0.3, 0.4) is 0 Å². The molecule has 0 radical (unpaired) electrons. The van der Waals surface area contributed by atoms with Crippen LogP contribution in [-0.4, -0.2) is 111 Å². The fraction of sp³-hybridized carbons (Fsp3) is 0.854. The molecule has 0 aromatic heterocycles. The molecule has 0 rings (SSSR count). The Kier molecular flexibility index (Phi) is 33.6. The molecule has 0 saturated carbocycles. The highest BCUT2D eigenvalue weighted by molar-refractivity contribution is 5.85. The molecule has 0 saturated heterocycles. The van der Waals surface area contributed by atoms with Crippen LogP contribution in [0.4, 0.5) is 0 Å². The summed E-state index contributed by atoms with van der Waals surface area (Å²) in [6.45, 7) is 8.45. The summed E-state index contributed by atoms with van der Waals surface area (Å²) >= 11 is 0. The molecule has 0 spiro atoms. The molecule has 14 heteroatoms. The van der Waals surface area contributed by atoms with E-state index in [1.807, 2.05) is 0 Å². The van der Waals surface area contributed by atoms with E-state index in [1.165, 1.54) is 70.6 Å². The smallest absolute Gasteiger partial charge is 0.329 e. The maximum absolute atomic E-state index is 12.3. The van der Waals surface area contributed by atoms with Gasteiger partial charge in [0.25, 0.3) is 0 Å². The first kappa shape index (κ1) is 52.1. The minimum Gasteiger partial charge on any atom is -0.481 e. The van der Waals surface area contributed by atoms with E-state index in [9.17, 15) is 28.8 Å². The zero-order valence-electron chi connectivity index (χ0n) is 34.5. The van der Waals surface area contributed by atoms with Crippen molar-refractivity contribution in [1.29, 1.82) is 0 Å². The van der Waals surface area contributed by atoms with Crippen LogP contribution in [0.15, 0.2) is 0 Å². The average molecular weight is 787 g/mol. The van der Waals surface area contributed by atoms with Crippen molar-refractivity contribution in [3.05, 3.63) is 0 Å². The molecule has 1 atom stereocenters. The summed E-state index contributed by atoms with van der Waals surface area (Å²) in [7, 11) is 0. The van der Waals surface area contributed by atoms with E-state index in [-0.39, 0.29) is 57.6 Å². The maximum Gasteiger partial charge on any atom is 0.329 e. The quantitative estimate of drug-likeness (QED) is 0.0484. The Bertz CT molecular complexity index is 1050. The summed E-state index contributed by atoms with van der Waals surface area (Å²) in [5.41, 5.74) is -0.785. The standard InChI is InChI=1S/C41H74N2O12/c1-34(44)20-17-15-13-11-9-7-5-6-8-10-12-14-16-18-22-37(46)42-25-27-52-29-30-53-32-35(45)21-19-26-51-28-31-54-33-38(47)43-36(23-24-39(48)49)40(50)55-41(2,3)4/h36H,5-33H2,1-4H3,(H,42,46)(H,43,47)(H,48,49). The second kappa shape index (κ2) is 35.5. The van der Waals surface area contributed by atoms with Crippen LogP contribution in [0.2, 0.25) is 0 Å². The maximum atomic E-state index is 12.3. The van der Waals surface area contributed by atoms with Gasteiger partial charge in [-0.2, -0.15) is 0 Å². The summed E-state index contributed by atoms with van der Waals surface area (Å²) in [5, 5.41) is 14.3. The van der Waals surface area contributed by atoms with E-state index in [1.54, 1.807) is 27.7 Å². The van der Waals surface area contributed by atoms with E-state index < -0.39 is 29.5 Å². The Morgan fingerprint density at radius 3 is 1.56 bits per heavy atom. The van der Waals surface area contributed by atoms with E-state index >= 15 is 0 Å². The number of ketones is 2. The Morgan fingerprint density at radius 2 is 1.04 bits per heavy atom. The predicted octanol–water partition coefficient (Wildman–Crippen LogP) is 6.04. The number of carboxylic acid groups (broad SMARTS) is 1. The van der Waals surface area contributed by atoms with Crippen LogP contribution in [-0.2, 0) is 52.5 Å². The van der Waals surface area contributed by atoms with Gasteiger partial charge in [-0.05, 0) is 53.4 Å². The minimum absolute atomic E-state index is 0.0134. The van der Waals surface area contributed by atoms with Crippen molar-refractivity contribution in [1.82, 2.24) is 10.6 Å². The molecule has 0 aliphatic heterocycles. The van der Waals surface area contributed by atoms with E-state index in [2.05, 4.69) is 10.6 Å². The largest absolute Gasteiger partial charge is 0.481 e. The molecule has 0 bridgehead atoms. The topological polar surface area (TPSA) is 193 Å². The number of nitrogens with one attached hydrogen (secondary N) is 2. The molecule has 0 aromatic rings. The van der Waals surface area contributed by atoms with Crippen molar-refractivity contribution in [2.75, 3.05) is 59.4 Å². The van der Waals surface area contributed by atoms with Crippen molar-refractivity contribution >= 4 is 35.3 Å². The molecule has 0 aliphatic rings. The number of carboxylic acids is 1. The second-order valence-electron chi connectivity index (χ2n) is 15.1. The number of hydrogen-bond donors (Lipinski definition) is 3. The summed E-state index contributed by atoms with van der Waals surface area (Å²) in [6.07, 6.45) is 18.7. The highest BCUT2D eigenvalue weighted by Gasteiger charge is 2.27. The molecule has 0 fully saturated rings. The number of Topliss-reactive ketones (excluding diaryl/α,β-unsaturated/α-hetero) is 2. The van der Waals surface area contributed by atoms with Gasteiger partial charge in [-0.3, -0.25) is 19.2 Å². The molecule has 1 unspecified atom stereocenters. The van der Waals surface area contributed by atoms with Gasteiger partial charge in [-0.15, -0.1) is 0 Å². The van der Waals surface area contributed by atoms with Crippen molar-refractivity contribution in [2.24, 2.45) is 0 Å². The number of hydrogen-bond acceptors (Lipinski definition) is 11. The Hall–Kier alpha value is -2.94. The molecular formula is C41H74N2O12. The van der Waals surface area contributed by atoms with Crippen LogP contribution in [0.1, 0.15) is 156 Å². The van der Waals surface area contributed by atoms with E-state index in [0.717, 1.165) is 25.7 Å². The van der Waals surface area contributed by atoms with Crippen LogP contribution in [0, 0.1) is 0 Å². The summed E-state index contributed by atoms with van der Waals surface area (Å²) in [6, 6.07) is -1.10. The van der Waals surface area contributed by atoms with Gasteiger partial charge >= 0.3 is 11.9 Å². The molecule has 55 heavy (non-hydrogen) atoms. The lowest BCUT2D eigenvalue weighted by atomic mass is 10.0. The Morgan fingerprint density at radius 1 is 0.545 bits per heavy atom. The Balaban J connectivity index is 3.56. The third-order valence-corrected chi connectivity index (χ3v) is 8.41. The first-order valence-corrected chi connectivity index (χ1v) is 20.6. The van der Waals surface area contributed by atoms with E-state index in [0.29, 0.717) is 51.4 Å². The monoisotopic (exact) mass is 787 g/mol. The van der Waals surface area contributed by atoms with Gasteiger partial charge in [0.1, 0.15) is 30.6 Å². The third kappa shape index (κ3) is 39.1. The van der Waals surface area contributed by atoms with Gasteiger partial charge < -0.3 is 44.2 Å². The van der Waals surface area contributed by atoms with Crippen molar-refractivity contribution in [2.45, 2.75) is 168 Å². The molecule has 0 aliphatic carbocycles. The van der Waals surface area contributed by atoms with Crippen molar-refractivity contribution in [3.8, 4) is 0 Å². The molecular weight excluding hydrogens is 712 g/mol. The third-order valence-electron chi connectivity index (χ3n) is 8.41. The lowest BCUT2D eigenvalue weighted by molar-refractivity contribution is -0.159. The van der Waals surface area contributed by atoms with Gasteiger partial charge in [-0.1, -0.05) is 77.0 Å². The number of aliphatic carboxylic acids is 1. The fourth-order valence-corrected chi connectivity index (χ4v) is 5.49. The lowest BCUT2D eigenvalue weighted by Gasteiger charge is -2.24. The van der Waals surface area contributed by atoms with Gasteiger partial charge in [0, 0.05) is 38.8 Å². The molecule has 2 amide bonds. The highest BCUT2D eigenvalue weighted by Crippen LogP contribution is 2.14. The summed E-state index contributed by atoms with van der Waals surface area (Å²) in [5.74, 6) is -2.08. The van der Waals surface area contributed by atoms with E-state index in [4.69, 9.17) is 28.8 Å². The van der Waals surface area contributed by atoms with Crippen molar-refractivity contribution in [3.63, 3.8) is 0 Å². The lowest BCUT2D eigenvalue weighted by Crippen LogP contribution is -2.45. The minimum atomic E-state index is -1.10. The summed E-state index contributed by atoms with van der Waals surface area (Å²) in [4.78, 5) is 70.4. The zero-order valence-corrected chi connectivity index (χ0v) is 34.5. The highest BCUT2D eigenvalue weighted by atomic mass is 16.6. The molecule has 14 nitrogen and oxygen atoms in total. The van der Waals surface area contributed by atoms with Gasteiger partial charge in [0.15, 0.2) is 5.78 Å². The number of carbonyl (C=O) groups excluding carboxylic acids is 5. The van der Waals surface area contributed by atoms with Crippen LogP contribution < -0.4 is 10.6 Å². The number of amides is 2. The summed E-state index contributed by atoms with van der Waals surface area (Å²) < 4.78 is 26.8. The van der Waals surface area contributed by atoms with Gasteiger partial charge in [-0.25, -0.2) is 4.79 Å². The number of esters is 1. The molecule has 0 aromatic carbocycles. The normalized spacial score (nSPS) is 11.9. The SMILES string of the molecule is CC(=O)CCCCCCCCCCCCCCCCC(=O)NCCOCCOCC(=O)CCCOCCOCC(=O)NC(CCC(=O)O)C(=O)OC(C)(C)C. The van der Waals surface area contributed by atoms with Crippen molar-refractivity contribution < 1.29 is 57.6 Å². The Labute approximate surface area is 330 Å². The number of carbonyl (C=O) groups is 6. The first-order chi connectivity index (χ1) is 26.3. The average Bonchev–Trinajstić information content (AvgIpc) is 3.11. The molecule has 320 valence electrons. The first-order valence-electron chi connectivity index (χ1n) is 20.6. The van der Waals surface area contributed by atoms with Crippen LogP contribution in [0.25, 0.3) is 0 Å². The number of unbranched alkanes of at least 4 members (excludes halogenated alkanes) is 13. The second-order valence-corrected chi connectivity index (χ2v) is 15.1. The van der Waals surface area contributed by atoms with Gasteiger partial charge in [0.05, 0.1) is 33.0 Å². The van der Waals surface area contributed by atoms with Crippen LogP contribution >= 0.6 is 0 Å².